The molecule has 3 nitrogen and oxygen atoms in total. The van der Waals surface area contributed by atoms with Gasteiger partial charge in [-0.05, 0) is 41.3 Å². The highest BCUT2D eigenvalue weighted by atomic mass is 35.5. The summed E-state index contributed by atoms with van der Waals surface area (Å²) in [5, 5.41) is 3.54. The van der Waals surface area contributed by atoms with Crippen molar-refractivity contribution in [3.63, 3.8) is 0 Å². The third kappa shape index (κ3) is 2.08. The van der Waals surface area contributed by atoms with Crippen LogP contribution in [-0.2, 0) is 0 Å². The first kappa shape index (κ1) is 12.2. The van der Waals surface area contributed by atoms with Gasteiger partial charge in [-0.1, -0.05) is 13.8 Å². The van der Waals surface area contributed by atoms with Crippen LogP contribution < -0.4 is 4.90 Å². The largest absolute Gasteiger partial charge is 0.356 e. The van der Waals surface area contributed by atoms with E-state index in [2.05, 4.69) is 40.2 Å². The number of halogens is 1. The molecule has 5 heteroatoms. The molecule has 1 aliphatic heterocycles. The molecule has 0 N–H and O–H groups in total. The fraction of sp³-hybridized carbons (Fsp3) is 0.538. The average molecular weight is 282 g/mol. The van der Waals surface area contributed by atoms with Crippen LogP contribution in [0.25, 0.3) is 10.2 Å². The summed E-state index contributed by atoms with van der Waals surface area (Å²) in [7, 11) is 0. The van der Waals surface area contributed by atoms with Crippen molar-refractivity contribution in [2.24, 2.45) is 11.8 Å². The van der Waals surface area contributed by atoms with Gasteiger partial charge in [-0.25, -0.2) is 4.98 Å². The zero-order valence-corrected chi connectivity index (χ0v) is 12.1. The summed E-state index contributed by atoms with van der Waals surface area (Å²) in [4.78, 5) is 12.0. The maximum Gasteiger partial charge on any atom is 0.225 e. The predicted octanol–water partition coefficient (Wildman–Crippen LogP) is 3.83. The van der Waals surface area contributed by atoms with Crippen molar-refractivity contribution in [2.45, 2.75) is 20.3 Å². The van der Waals surface area contributed by atoms with Gasteiger partial charge in [0.2, 0.25) is 5.28 Å². The van der Waals surface area contributed by atoms with Crippen molar-refractivity contribution in [1.29, 1.82) is 0 Å². The smallest absolute Gasteiger partial charge is 0.225 e. The van der Waals surface area contributed by atoms with Crippen LogP contribution in [0.15, 0.2) is 11.4 Å². The number of thiophene rings is 1. The summed E-state index contributed by atoms with van der Waals surface area (Å²) >= 11 is 7.64. The van der Waals surface area contributed by atoms with Crippen molar-refractivity contribution in [2.75, 3.05) is 18.0 Å². The first-order valence-electron chi connectivity index (χ1n) is 6.31. The Morgan fingerprint density at radius 1 is 1.44 bits per heavy atom. The van der Waals surface area contributed by atoms with Crippen molar-refractivity contribution in [3.05, 3.63) is 16.7 Å². The molecule has 0 aliphatic carbocycles. The van der Waals surface area contributed by atoms with Gasteiger partial charge >= 0.3 is 0 Å². The monoisotopic (exact) mass is 281 g/mol. The molecular formula is C13H16ClN3S. The lowest BCUT2D eigenvalue weighted by atomic mass is 9.95. The highest BCUT2D eigenvalue weighted by molar-refractivity contribution is 7.16. The molecule has 3 heterocycles. The van der Waals surface area contributed by atoms with Gasteiger partial charge in [0.15, 0.2) is 0 Å². The van der Waals surface area contributed by atoms with E-state index in [1.807, 2.05) is 0 Å². The molecule has 1 unspecified atom stereocenters. The Morgan fingerprint density at radius 3 is 3.00 bits per heavy atom. The van der Waals surface area contributed by atoms with Crippen LogP contribution in [0.2, 0.25) is 5.28 Å². The molecule has 0 spiro atoms. The highest BCUT2D eigenvalue weighted by Gasteiger charge is 2.27. The molecule has 1 fully saturated rings. The molecule has 2 aromatic rings. The molecule has 0 aromatic carbocycles. The molecule has 1 atom stereocenters. The van der Waals surface area contributed by atoms with Crippen molar-refractivity contribution in [3.8, 4) is 0 Å². The molecule has 1 saturated heterocycles. The van der Waals surface area contributed by atoms with Gasteiger partial charge in [-0.3, -0.25) is 0 Å². The Bertz CT molecular complexity index is 566. The summed E-state index contributed by atoms with van der Waals surface area (Å²) < 4.78 is 0. The second-order valence-electron chi connectivity index (χ2n) is 5.19. The zero-order valence-electron chi connectivity index (χ0n) is 10.6. The third-order valence-corrected chi connectivity index (χ3v) is 4.72. The molecule has 18 heavy (non-hydrogen) atoms. The van der Waals surface area contributed by atoms with Crippen molar-refractivity contribution >= 4 is 39.0 Å². The van der Waals surface area contributed by atoms with E-state index < -0.39 is 0 Å². The molecule has 1 aliphatic rings. The van der Waals surface area contributed by atoms with Gasteiger partial charge in [0.1, 0.15) is 10.6 Å². The number of hydrogen-bond donors (Lipinski definition) is 0. The van der Waals surface area contributed by atoms with Crippen LogP contribution in [0.4, 0.5) is 5.82 Å². The summed E-state index contributed by atoms with van der Waals surface area (Å²) in [6, 6.07) is 2.09. The number of fused-ring (bicyclic) bond motifs is 1. The quantitative estimate of drug-likeness (QED) is 0.784. The number of anilines is 1. The lowest BCUT2D eigenvalue weighted by molar-refractivity contribution is 0.422. The van der Waals surface area contributed by atoms with Crippen LogP contribution in [0.3, 0.4) is 0 Å². The Hall–Kier alpha value is -0.870. The molecule has 0 amide bonds. The maximum atomic E-state index is 6.02. The zero-order chi connectivity index (χ0) is 12.7. The van der Waals surface area contributed by atoms with Gasteiger partial charge in [0.25, 0.3) is 0 Å². The Labute approximate surface area is 116 Å². The van der Waals surface area contributed by atoms with Gasteiger partial charge in [-0.2, -0.15) is 4.98 Å². The second kappa shape index (κ2) is 4.67. The molecule has 96 valence electrons. The van der Waals surface area contributed by atoms with Gasteiger partial charge in [0, 0.05) is 13.1 Å². The van der Waals surface area contributed by atoms with Gasteiger partial charge in [-0.15, -0.1) is 11.3 Å². The SMILES string of the molecule is CC(C)C1CCN(c2nc(Cl)nc3sccc23)C1. The van der Waals surface area contributed by atoms with E-state index in [1.54, 1.807) is 11.3 Å². The Kier molecular flexibility index (Phi) is 3.16. The van der Waals surface area contributed by atoms with Crippen molar-refractivity contribution in [1.82, 2.24) is 9.97 Å². The Balaban J connectivity index is 1.97. The fourth-order valence-electron chi connectivity index (χ4n) is 2.58. The van der Waals surface area contributed by atoms with E-state index in [9.17, 15) is 0 Å². The molecular weight excluding hydrogens is 266 g/mol. The summed E-state index contributed by atoms with van der Waals surface area (Å²) in [6.45, 7) is 6.74. The normalized spacial score (nSPS) is 20.2. The minimum Gasteiger partial charge on any atom is -0.356 e. The topological polar surface area (TPSA) is 29.0 Å². The molecule has 0 bridgehead atoms. The van der Waals surface area contributed by atoms with Gasteiger partial charge < -0.3 is 4.90 Å². The summed E-state index contributed by atoms with van der Waals surface area (Å²) in [5.74, 6) is 2.49. The first-order chi connectivity index (χ1) is 8.65. The molecule has 3 rings (SSSR count). The average Bonchev–Trinajstić information content (AvgIpc) is 2.95. The standard InChI is InChI=1S/C13H16ClN3S/c1-8(2)9-3-5-17(7-9)11-10-4-6-18-12(10)16-13(14)15-11/h4,6,8-9H,3,5,7H2,1-2H3. The van der Waals surface area contributed by atoms with Crippen LogP contribution in [-0.4, -0.2) is 23.1 Å². The van der Waals surface area contributed by atoms with Crippen LogP contribution in [0.5, 0.6) is 0 Å². The van der Waals surface area contributed by atoms with E-state index >= 15 is 0 Å². The van der Waals surface area contributed by atoms with Gasteiger partial charge in [0.05, 0.1) is 5.39 Å². The maximum absolute atomic E-state index is 6.02. The fourth-order valence-corrected chi connectivity index (χ4v) is 3.55. The minimum atomic E-state index is 0.355. The molecule has 0 saturated carbocycles. The van der Waals surface area contributed by atoms with E-state index in [4.69, 9.17) is 11.6 Å². The van der Waals surface area contributed by atoms with Crippen LogP contribution in [0, 0.1) is 11.8 Å². The third-order valence-electron chi connectivity index (χ3n) is 3.74. The van der Waals surface area contributed by atoms with Crippen molar-refractivity contribution < 1.29 is 0 Å². The lowest BCUT2D eigenvalue weighted by Gasteiger charge is -2.19. The predicted molar refractivity (Wildman–Crippen MR) is 77.6 cm³/mol. The second-order valence-corrected chi connectivity index (χ2v) is 6.43. The summed E-state index contributed by atoms with van der Waals surface area (Å²) in [5.41, 5.74) is 0. The first-order valence-corrected chi connectivity index (χ1v) is 7.56. The Morgan fingerprint density at radius 2 is 2.28 bits per heavy atom. The number of aromatic nitrogens is 2. The number of nitrogens with zero attached hydrogens (tertiary/aromatic N) is 3. The summed E-state index contributed by atoms with van der Waals surface area (Å²) in [6.07, 6.45) is 1.24. The number of hydrogen-bond acceptors (Lipinski definition) is 4. The minimum absolute atomic E-state index is 0.355. The van der Waals surface area contributed by atoms with E-state index in [0.717, 1.165) is 41.0 Å². The molecule has 2 aromatic heterocycles. The highest BCUT2D eigenvalue weighted by Crippen LogP contribution is 2.33. The van der Waals surface area contributed by atoms with Crippen LogP contribution in [0.1, 0.15) is 20.3 Å². The van der Waals surface area contributed by atoms with E-state index in [1.165, 1.54) is 6.42 Å². The van der Waals surface area contributed by atoms with E-state index in [-0.39, 0.29) is 0 Å². The van der Waals surface area contributed by atoms with E-state index in [0.29, 0.717) is 5.28 Å². The van der Waals surface area contributed by atoms with Crippen LogP contribution >= 0.6 is 22.9 Å². The molecule has 0 radical (unpaired) electrons. The number of rotatable bonds is 2. The lowest BCUT2D eigenvalue weighted by Crippen LogP contribution is -2.22.